The Labute approximate surface area is 114 Å². The van der Waals surface area contributed by atoms with Crippen molar-refractivity contribution in [2.45, 2.75) is 17.4 Å². The number of ether oxygens (including phenoxy) is 1. The lowest BCUT2D eigenvalue weighted by Crippen LogP contribution is -2.18. The van der Waals surface area contributed by atoms with Crippen LogP contribution in [-0.4, -0.2) is 32.9 Å². The lowest BCUT2D eigenvalue weighted by atomic mass is 10.0. The molecule has 0 radical (unpaired) electrons. The summed E-state index contributed by atoms with van der Waals surface area (Å²) >= 11 is 0. The number of sulfone groups is 1. The van der Waals surface area contributed by atoms with E-state index in [1.54, 1.807) is 0 Å². The minimum absolute atomic E-state index is 0.252. The average molecular weight is 309 g/mol. The first kappa shape index (κ1) is 16.3. The predicted octanol–water partition coefficient (Wildman–Crippen LogP) is 0.851. The van der Waals surface area contributed by atoms with Gasteiger partial charge in [0.2, 0.25) is 0 Å². The zero-order valence-electron chi connectivity index (χ0n) is 10.7. The van der Waals surface area contributed by atoms with E-state index < -0.39 is 50.5 Å². The van der Waals surface area contributed by atoms with E-state index in [9.17, 15) is 22.0 Å². The zero-order valence-corrected chi connectivity index (χ0v) is 11.5. The topological polar surface area (TPSA) is 107 Å². The molecule has 0 aromatic heterocycles. The fourth-order valence-electron chi connectivity index (χ4n) is 1.72. The predicted molar refractivity (Wildman–Crippen MR) is 65.2 cm³/mol. The van der Waals surface area contributed by atoms with Gasteiger partial charge in [0, 0.05) is 17.9 Å². The summed E-state index contributed by atoms with van der Waals surface area (Å²) in [7, 11) is -3.11. The van der Waals surface area contributed by atoms with Crippen molar-refractivity contribution in [1.82, 2.24) is 0 Å². The van der Waals surface area contributed by atoms with E-state index in [4.69, 9.17) is 15.6 Å². The van der Waals surface area contributed by atoms with Gasteiger partial charge >= 0.3 is 5.97 Å². The van der Waals surface area contributed by atoms with E-state index in [1.165, 1.54) is 0 Å². The van der Waals surface area contributed by atoms with Gasteiger partial charge in [0.15, 0.2) is 21.4 Å². The zero-order chi connectivity index (χ0) is 15.7. The van der Waals surface area contributed by atoms with Gasteiger partial charge in [-0.1, -0.05) is 0 Å². The number of hydrogen-bond acceptors (Lipinski definition) is 5. The third-order valence-corrected chi connectivity index (χ3v) is 3.64. The third-order valence-electron chi connectivity index (χ3n) is 2.53. The number of carbonyl (C=O) groups is 1. The van der Waals surface area contributed by atoms with Crippen LogP contribution < -0.4 is 10.5 Å². The van der Waals surface area contributed by atoms with Crippen LogP contribution >= 0.6 is 0 Å². The van der Waals surface area contributed by atoms with E-state index >= 15 is 0 Å². The van der Waals surface area contributed by atoms with Crippen LogP contribution in [-0.2, 0) is 14.6 Å². The maximum atomic E-state index is 14.0. The Bertz CT molecular complexity index is 645. The lowest BCUT2D eigenvalue weighted by molar-refractivity contribution is -0.137. The number of nitrogens with two attached hydrogens (primary N) is 1. The fourth-order valence-corrected chi connectivity index (χ4v) is 2.55. The number of rotatable bonds is 5. The van der Waals surface area contributed by atoms with E-state index in [2.05, 4.69) is 0 Å². The number of halogens is 2. The largest absolute Gasteiger partial charge is 0.493 e. The van der Waals surface area contributed by atoms with Gasteiger partial charge in [-0.15, -0.1) is 0 Å². The molecule has 9 heteroatoms. The van der Waals surface area contributed by atoms with Crippen molar-refractivity contribution in [3.05, 3.63) is 23.3 Å². The Balaban J connectivity index is 3.55. The molecule has 1 unspecified atom stereocenters. The summed E-state index contributed by atoms with van der Waals surface area (Å²) in [4.78, 5) is 9.44. The van der Waals surface area contributed by atoms with E-state index in [0.29, 0.717) is 12.3 Å². The Kier molecular flexibility index (Phi) is 4.66. The summed E-state index contributed by atoms with van der Waals surface area (Å²) in [5.41, 5.74) is 5.27. The second-order valence-electron chi connectivity index (χ2n) is 4.10. The molecule has 20 heavy (non-hydrogen) atoms. The number of carboxylic acid groups (broad SMARTS) is 1. The highest BCUT2D eigenvalue weighted by molar-refractivity contribution is 7.90. The smallest absolute Gasteiger partial charge is 0.305 e. The Morgan fingerprint density at radius 1 is 1.50 bits per heavy atom. The van der Waals surface area contributed by atoms with Crippen molar-refractivity contribution in [3.63, 3.8) is 0 Å². The van der Waals surface area contributed by atoms with Gasteiger partial charge < -0.3 is 15.6 Å². The van der Waals surface area contributed by atoms with Gasteiger partial charge in [-0.25, -0.2) is 17.2 Å². The van der Waals surface area contributed by atoms with Crippen LogP contribution in [0.1, 0.15) is 18.0 Å². The monoisotopic (exact) mass is 309 g/mol. The SMILES string of the molecule is COc1c(C(N)CC(=O)O)cc(F)c(S(C)(=O)=O)c1F. The van der Waals surface area contributed by atoms with E-state index in [-0.39, 0.29) is 5.56 Å². The first-order valence-corrected chi connectivity index (χ1v) is 7.22. The van der Waals surface area contributed by atoms with Crippen LogP contribution in [0.3, 0.4) is 0 Å². The molecule has 1 aromatic rings. The summed E-state index contributed by atoms with van der Waals surface area (Å²) in [6, 6.07) is -0.564. The van der Waals surface area contributed by atoms with Crippen molar-refractivity contribution in [3.8, 4) is 5.75 Å². The fraction of sp³-hybridized carbons (Fsp3) is 0.364. The molecule has 0 bridgehead atoms. The van der Waals surface area contributed by atoms with Crippen LogP contribution in [0.25, 0.3) is 0 Å². The molecule has 0 fully saturated rings. The molecule has 3 N–H and O–H groups in total. The average Bonchev–Trinajstić information content (AvgIpc) is 2.25. The molecular weight excluding hydrogens is 296 g/mol. The highest BCUT2D eigenvalue weighted by atomic mass is 32.2. The molecule has 0 spiro atoms. The maximum Gasteiger partial charge on any atom is 0.305 e. The number of carboxylic acids is 1. The normalized spacial score (nSPS) is 13.1. The van der Waals surface area contributed by atoms with Gasteiger partial charge in [0.1, 0.15) is 10.7 Å². The first-order chi connectivity index (χ1) is 9.09. The molecule has 0 aliphatic heterocycles. The summed E-state index contributed by atoms with van der Waals surface area (Å²) in [5, 5.41) is 8.63. The summed E-state index contributed by atoms with van der Waals surface area (Å²) in [6.07, 6.45) is 0.0538. The molecule has 1 atom stereocenters. The van der Waals surface area contributed by atoms with Crippen molar-refractivity contribution >= 4 is 15.8 Å². The molecule has 0 saturated carbocycles. The van der Waals surface area contributed by atoms with Crippen molar-refractivity contribution in [2.24, 2.45) is 5.73 Å². The molecule has 0 aliphatic carbocycles. The molecule has 1 aromatic carbocycles. The van der Waals surface area contributed by atoms with E-state index in [1.807, 2.05) is 0 Å². The minimum Gasteiger partial charge on any atom is -0.493 e. The molecule has 1 rings (SSSR count). The van der Waals surface area contributed by atoms with Crippen molar-refractivity contribution in [2.75, 3.05) is 13.4 Å². The van der Waals surface area contributed by atoms with Gasteiger partial charge in [0.25, 0.3) is 0 Å². The number of aliphatic carboxylic acids is 1. The number of benzene rings is 1. The van der Waals surface area contributed by atoms with Crippen LogP contribution in [0.2, 0.25) is 0 Å². The van der Waals surface area contributed by atoms with Crippen molar-refractivity contribution < 1.29 is 31.8 Å². The quantitative estimate of drug-likeness (QED) is 0.835. The Morgan fingerprint density at radius 2 is 2.05 bits per heavy atom. The Hall–Kier alpha value is -1.74. The molecule has 0 aliphatic rings. The molecular formula is C11H13F2NO5S. The molecule has 0 heterocycles. The number of methoxy groups -OCH3 is 1. The maximum absolute atomic E-state index is 14.0. The lowest BCUT2D eigenvalue weighted by Gasteiger charge is -2.16. The van der Waals surface area contributed by atoms with Gasteiger partial charge in [-0.05, 0) is 6.07 Å². The van der Waals surface area contributed by atoms with Gasteiger partial charge in [-0.3, -0.25) is 4.79 Å². The van der Waals surface area contributed by atoms with Crippen LogP contribution in [0.15, 0.2) is 11.0 Å². The summed E-state index contributed by atoms with van der Waals surface area (Å²) in [6.45, 7) is 0. The van der Waals surface area contributed by atoms with E-state index in [0.717, 1.165) is 7.11 Å². The van der Waals surface area contributed by atoms with Crippen LogP contribution in [0.5, 0.6) is 5.75 Å². The van der Waals surface area contributed by atoms with Gasteiger partial charge in [0.05, 0.1) is 13.5 Å². The second kappa shape index (κ2) is 5.71. The standard InChI is InChI=1S/C11H13F2NO5S/c1-19-10-5(7(14)4-8(15)16)3-6(12)11(9(10)13)20(2,17)18/h3,7H,4,14H2,1-2H3,(H,15,16). The first-order valence-electron chi connectivity index (χ1n) is 5.32. The Morgan fingerprint density at radius 3 is 2.45 bits per heavy atom. The highest BCUT2D eigenvalue weighted by Crippen LogP contribution is 2.34. The molecule has 6 nitrogen and oxygen atoms in total. The highest BCUT2D eigenvalue weighted by Gasteiger charge is 2.28. The molecule has 0 saturated heterocycles. The van der Waals surface area contributed by atoms with Gasteiger partial charge in [-0.2, -0.15) is 0 Å². The third kappa shape index (κ3) is 3.23. The minimum atomic E-state index is -4.15. The molecule has 0 amide bonds. The number of hydrogen-bond donors (Lipinski definition) is 2. The van der Waals surface area contributed by atoms with Crippen LogP contribution in [0, 0.1) is 11.6 Å². The second-order valence-corrected chi connectivity index (χ2v) is 6.05. The summed E-state index contributed by atoms with van der Waals surface area (Å²) < 4.78 is 55.2. The summed E-state index contributed by atoms with van der Waals surface area (Å²) in [5.74, 6) is -4.62. The van der Waals surface area contributed by atoms with Crippen LogP contribution in [0.4, 0.5) is 8.78 Å². The van der Waals surface area contributed by atoms with Crippen molar-refractivity contribution in [1.29, 1.82) is 0 Å². The molecule has 112 valence electrons.